The van der Waals surface area contributed by atoms with Gasteiger partial charge in [-0.05, 0) is 6.07 Å². The Bertz CT molecular complexity index is 612. The number of hydrogen-bond donors (Lipinski definition) is 1. The van der Waals surface area contributed by atoms with Crippen molar-refractivity contribution in [1.82, 2.24) is 10.3 Å². The molecule has 0 unspecified atom stereocenters. The Morgan fingerprint density at radius 2 is 2.37 bits per heavy atom. The van der Waals surface area contributed by atoms with Crippen LogP contribution in [0.25, 0.3) is 0 Å². The Hall–Kier alpha value is -2.41. The predicted molar refractivity (Wildman–Crippen MR) is 65.8 cm³/mol. The zero-order valence-corrected chi connectivity index (χ0v) is 10.3. The van der Waals surface area contributed by atoms with Crippen molar-refractivity contribution in [3.05, 3.63) is 57.3 Å². The number of pyridine rings is 1. The second kappa shape index (κ2) is 5.49. The molecule has 98 valence electrons. The summed E-state index contributed by atoms with van der Waals surface area (Å²) in [6, 6.07) is 2.77. The van der Waals surface area contributed by atoms with Crippen molar-refractivity contribution in [2.24, 2.45) is 0 Å². The molecule has 2 aromatic heterocycles. The van der Waals surface area contributed by atoms with Gasteiger partial charge in [0, 0.05) is 18.2 Å². The van der Waals surface area contributed by atoms with Crippen LogP contribution in [0.15, 0.2) is 35.3 Å². The van der Waals surface area contributed by atoms with Crippen molar-refractivity contribution in [3.8, 4) is 0 Å². The molecule has 0 aliphatic rings. The number of carbonyl (C=O) groups excluding carboxylic acids is 1. The fraction of sp³-hybridized carbons (Fsp3) is 0.0909. The molecule has 19 heavy (non-hydrogen) atoms. The molecule has 0 bridgehead atoms. The van der Waals surface area contributed by atoms with E-state index in [9.17, 15) is 14.9 Å². The summed E-state index contributed by atoms with van der Waals surface area (Å²) in [5.74, 6) is -0.539. The lowest BCUT2D eigenvalue weighted by molar-refractivity contribution is -0.385. The van der Waals surface area contributed by atoms with Crippen LogP contribution in [0.2, 0.25) is 5.15 Å². The standard InChI is InChI=1S/C11H8ClN3O4/c12-10-9(3-8(5-13-10)15(17)18)11(16)14-4-7-1-2-19-6-7/h1-3,5-6H,4H2,(H,14,16). The van der Waals surface area contributed by atoms with Crippen LogP contribution >= 0.6 is 11.6 Å². The number of nitrogens with one attached hydrogen (secondary N) is 1. The number of furan rings is 1. The average Bonchev–Trinajstić information content (AvgIpc) is 2.89. The van der Waals surface area contributed by atoms with Crippen LogP contribution in [0, 0.1) is 10.1 Å². The van der Waals surface area contributed by atoms with E-state index in [4.69, 9.17) is 16.0 Å². The third-order valence-corrected chi connectivity index (χ3v) is 2.61. The Morgan fingerprint density at radius 1 is 1.58 bits per heavy atom. The van der Waals surface area contributed by atoms with Gasteiger partial charge in [-0.15, -0.1) is 0 Å². The molecule has 2 heterocycles. The highest BCUT2D eigenvalue weighted by Gasteiger charge is 2.16. The van der Waals surface area contributed by atoms with Crippen LogP contribution in [0.4, 0.5) is 5.69 Å². The Balaban J connectivity index is 2.14. The third-order valence-electron chi connectivity index (χ3n) is 2.31. The molecule has 0 aliphatic heterocycles. The second-order valence-electron chi connectivity index (χ2n) is 3.60. The van der Waals surface area contributed by atoms with Crippen LogP contribution in [0.3, 0.4) is 0 Å². The van der Waals surface area contributed by atoms with Gasteiger partial charge in [0.1, 0.15) is 11.3 Å². The SMILES string of the molecule is O=C(NCc1ccoc1)c1cc([N+](=O)[O-])cnc1Cl. The molecule has 0 fully saturated rings. The molecule has 0 saturated heterocycles. The lowest BCUT2D eigenvalue weighted by atomic mass is 10.2. The molecule has 2 rings (SSSR count). The molecule has 0 saturated carbocycles. The number of carbonyl (C=O) groups is 1. The zero-order chi connectivity index (χ0) is 13.8. The first kappa shape index (κ1) is 13.0. The van der Waals surface area contributed by atoms with Gasteiger partial charge in [0.25, 0.3) is 11.6 Å². The van der Waals surface area contributed by atoms with E-state index in [1.165, 1.54) is 12.5 Å². The van der Waals surface area contributed by atoms with Gasteiger partial charge in [0.05, 0.1) is 23.0 Å². The largest absolute Gasteiger partial charge is 0.472 e. The number of amides is 1. The molecule has 0 radical (unpaired) electrons. The predicted octanol–water partition coefficient (Wildman–Crippen LogP) is 2.17. The minimum atomic E-state index is -0.643. The molecule has 2 aromatic rings. The third kappa shape index (κ3) is 3.08. The Labute approximate surface area is 112 Å². The lowest BCUT2D eigenvalue weighted by Crippen LogP contribution is -2.23. The molecular weight excluding hydrogens is 274 g/mol. The minimum absolute atomic E-state index is 0.0423. The van der Waals surface area contributed by atoms with E-state index in [1.807, 2.05) is 0 Å². The fourth-order valence-corrected chi connectivity index (χ4v) is 1.56. The van der Waals surface area contributed by atoms with Crippen molar-refractivity contribution < 1.29 is 14.1 Å². The summed E-state index contributed by atoms with van der Waals surface area (Å²) in [7, 11) is 0. The van der Waals surface area contributed by atoms with E-state index >= 15 is 0 Å². The number of nitrogens with zero attached hydrogens (tertiary/aromatic N) is 2. The van der Waals surface area contributed by atoms with Crippen LogP contribution < -0.4 is 5.32 Å². The topological polar surface area (TPSA) is 98.3 Å². The Morgan fingerprint density at radius 3 is 3.00 bits per heavy atom. The monoisotopic (exact) mass is 281 g/mol. The maximum absolute atomic E-state index is 11.8. The highest BCUT2D eigenvalue weighted by molar-refractivity contribution is 6.32. The maximum Gasteiger partial charge on any atom is 0.288 e. The molecular formula is C11H8ClN3O4. The van der Waals surface area contributed by atoms with Crippen LogP contribution in [0.1, 0.15) is 15.9 Å². The van der Waals surface area contributed by atoms with E-state index in [0.717, 1.165) is 17.8 Å². The maximum atomic E-state index is 11.8. The van der Waals surface area contributed by atoms with Crippen molar-refractivity contribution in [1.29, 1.82) is 0 Å². The number of halogens is 1. The van der Waals surface area contributed by atoms with Gasteiger partial charge in [0.15, 0.2) is 0 Å². The quantitative estimate of drug-likeness (QED) is 0.526. The summed E-state index contributed by atoms with van der Waals surface area (Å²) >= 11 is 5.74. The Kier molecular flexibility index (Phi) is 3.76. The van der Waals surface area contributed by atoms with Gasteiger partial charge < -0.3 is 9.73 Å². The fourth-order valence-electron chi connectivity index (χ4n) is 1.37. The van der Waals surface area contributed by atoms with E-state index in [2.05, 4.69) is 10.3 Å². The summed E-state index contributed by atoms with van der Waals surface area (Å²) in [5.41, 5.74) is 0.431. The smallest absolute Gasteiger partial charge is 0.288 e. The summed E-state index contributed by atoms with van der Waals surface area (Å²) in [4.78, 5) is 25.4. The van der Waals surface area contributed by atoms with E-state index < -0.39 is 10.8 Å². The van der Waals surface area contributed by atoms with Gasteiger partial charge in [-0.2, -0.15) is 0 Å². The first-order valence-electron chi connectivity index (χ1n) is 5.17. The molecule has 0 spiro atoms. The van der Waals surface area contributed by atoms with E-state index in [1.54, 1.807) is 6.07 Å². The molecule has 8 heteroatoms. The van der Waals surface area contributed by atoms with E-state index in [0.29, 0.717) is 0 Å². The molecule has 1 N–H and O–H groups in total. The summed E-state index contributed by atoms with van der Waals surface area (Å²) in [6.07, 6.45) is 3.95. The second-order valence-corrected chi connectivity index (χ2v) is 3.96. The van der Waals surface area contributed by atoms with Crippen molar-refractivity contribution in [2.45, 2.75) is 6.54 Å². The highest BCUT2D eigenvalue weighted by Crippen LogP contribution is 2.19. The van der Waals surface area contributed by atoms with Crippen LogP contribution in [0.5, 0.6) is 0 Å². The first-order valence-corrected chi connectivity index (χ1v) is 5.55. The summed E-state index contributed by atoms with van der Waals surface area (Å²) in [6.45, 7) is 0.231. The van der Waals surface area contributed by atoms with Gasteiger partial charge in [-0.25, -0.2) is 4.98 Å². The van der Waals surface area contributed by atoms with Gasteiger partial charge in [-0.1, -0.05) is 11.6 Å². The molecule has 0 atom stereocenters. The molecule has 1 amide bonds. The minimum Gasteiger partial charge on any atom is -0.472 e. The highest BCUT2D eigenvalue weighted by atomic mass is 35.5. The normalized spacial score (nSPS) is 10.2. The number of hydrogen-bond acceptors (Lipinski definition) is 5. The summed E-state index contributed by atoms with van der Waals surface area (Å²) < 4.78 is 4.85. The average molecular weight is 282 g/mol. The first-order chi connectivity index (χ1) is 9.08. The molecule has 0 aromatic carbocycles. The number of rotatable bonds is 4. The van der Waals surface area contributed by atoms with Crippen LogP contribution in [-0.4, -0.2) is 15.8 Å². The van der Waals surface area contributed by atoms with Crippen molar-refractivity contribution in [3.63, 3.8) is 0 Å². The molecule has 0 aliphatic carbocycles. The van der Waals surface area contributed by atoms with Gasteiger partial charge in [-0.3, -0.25) is 14.9 Å². The molecule has 7 nitrogen and oxygen atoms in total. The summed E-state index contributed by atoms with van der Waals surface area (Å²) in [5, 5.41) is 13.1. The lowest BCUT2D eigenvalue weighted by Gasteiger charge is -2.04. The van der Waals surface area contributed by atoms with Gasteiger partial charge in [0.2, 0.25) is 0 Å². The van der Waals surface area contributed by atoms with Crippen molar-refractivity contribution >= 4 is 23.2 Å². The van der Waals surface area contributed by atoms with Crippen LogP contribution in [-0.2, 0) is 6.54 Å². The van der Waals surface area contributed by atoms with Crippen molar-refractivity contribution in [2.75, 3.05) is 0 Å². The van der Waals surface area contributed by atoms with Gasteiger partial charge >= 0.3 is 0 Å². The van der Waals surface area contributed by atoms with E-state index in [-0.39, 0.29) is 22.9 Å². The number of nitro groups is 1. The number of aromatic nitrogens is 1. The zero-order valence-electron chi connectivity index (χ0n) is 9.50.